The Morgan fingerprint density at radius 3 is 1.28 bits per heavy atom. The van der Waals surface area contributed by atoms with Crippen LogP contribution in [0.3, 0.4) is 0 Å². The van der Waals surface area contributed by atoms with E-state index in [0.29, 0.717) is 23.7 Å². The van der Waals surface area contributed by atoms with Crippen molar-refractivity contribution in [3.63, 3.8) is 0 Å². The van der Waals surface area contributed by atoms with Crippen LogP contribution in [0.4, 0.5) is 17.1 Å². The van der Waals surface area contributed by atoms with Crippen LogP contribution in [0, 0.1) is 11.8 Å². The van der Waals surface area contributed by atoms with Crippen LogP contribution in [0.1, 0.15) is 70.9 Å². The van der Waals surface area contributed by atoms with Gasteiger partial charge in [0.2, 0.25) is 0 Å². The van der Waals surface area contributed by atoms with Gasteiger partial charge in [-0.25, -0.2) is 0 Å². The quantitative estimate of drug-likeness (QED) is 0.120. The molecule has 0 saturated heterocycles. The van der Waals surface area contributed by atoms with Gasteiger partial charge in [-0.2, -0.15) is 0 Å². The zero-order valence-corrected chi connectivity index (χ0v) is 36.4. The number of para-hydroxylation sites is 1. The first-order valence-corrected chi connectivity index (χ1v) is 22.1. The van der Waals surface area contributed by atoms with Gasteiger partial charge in [0.25, 0.3) is 0 Å². The number of rotatable bonds is 12. The van der Waals surface area contributed by atoms with Crippen molar-refractivity contribution in [3.05, 3.63) is 205 Å². The van der Waals surface area contributed by atoms with E-state index in [2.05, 4.69) is 245 Å². The van der Waals surface area contributed by atoms with Crippen molar-refractivity contribution in [1.29, 1.82) is 0 Å². The maximum Gasteiger partial charge on any atom is 0.0541 e. The van der Waals surface area contributed by atoms with Crippen LogP contribution in [0.25, 0.3) is 60.9 Å². The van der Waals surface area contributed by atoms with Crippen LogP contribution < -0.4 is 4.90 Å². The van der Waals surface area contributed by atoms with Gasteiger partial charge < -0.3 is 9.47 Å². The molecule has 0 bridgehead atoms. The van der Waals surface area contributed by atoms with Gasteiger partial charge in [-0.05, 0) is 147 Å². The van der Waals surface area contributed by atoms with Crippen molar-refractivity contribution in [2.24, 2.45) is 11.8 Å². The van der Waals surface area contributed by atoms with Crippen molar-refractivity contribution in [2.45, 2.75) is 59.8 Å². The summed E-state index contributed by atoms with van der Waals surface area (Å²) in [5.74, 6) is 2.33. The summed E-state index contributed by atoms with van der Waals surface area (Å²) in [5.41, 5.74) is 17.1. The Balaban J connectivity index is 1.11. The lowest BCUT2D eigenvalue weighted by Crippen LogP contribution is -2.09. The maximum atomic E-state index is 2.44. The number of nitrogens with zero attached hydrogens (tertiary/aromatic N) is 2. The van der Waals surface area contributed by atoms with Crippen LogP contribution in [0.2, 0.25) is 0 Å². The molecule has 0 saturated carbocycles. The largest absolute Gasteiger partial charge is 0.311 e. The molecule has 1 atom stereocenters. The van der Waals surface area contributed by atoms with Gasteiger partial charge in [-0.1, -0.05) is 163 Å². The second-order valence-corrected chi connectivity index (χ2v) is 17.8. The van der Waals surface area contributed by atoms with E-state index in [1.165, 1.54) is 78.4 Å². The molecule has 61 heavy (non-hydrogen) atoms. The molecule has 9 rings (SSSR count). The Labute approximate surface area is 362 Å². The topological polar surface area (TPSA) is 8.17 Å². The van der Waals surface area contributed by atoms with Crippen molar-refractivity contribution in [3.8, 4) is 39.1 Å². The summed E-state index contributed by atoms with van der Waals surface area (Å²) in [5, 5.41) is 2.52. The molecular weight excluding hydrogens is 737 g/mol. The maximum absolute atomic E-state index is 2.44. The van der Waals surface area contributed by atoms with Crippen LogP contribution in [0.15, 0.2) is 194 Å². The van der Waals surface area contributed by atoms with Crippen LogP contribution >= 0.6 is 0 Å². The SMILES string of the molecule is CC(C)CC(c1ccc(-c2ccc3c(c2)c2cc(-c4ccc(N(c5ccccc5)c5ccc(-c6ccccc6)cc5)cc4)ccc2n3-c2ccc(C(C)C)cc2)cc1)C(C)C. The third kappa shape index (κ3) is 8.16. The summed E-state index contributed by atoms with van der Waals surface area (Å²) in [6.07, 6.45) is 1.21. The van der Waals surface area contributed by atoms with Crippen LogP contribution in [0.5, 0.6) is 0 Å². The van der Waals surface area contributed by atoms with Crippen molar-refractivity contribution in [2.75, 3.05) is 4.90 Å². The highest BCUT2D eigenvalue weighted by Crippen LogP contribution is 2.40. The van der Waals surface area contributed by atoms with Gasteiger partial charge in [0, 0.05) is 33.5 Å². The summed E-state index contributed by atoms with van der Waals surface area (Å²) in [6, 6.07) is 71.7. The van der Waals surface area contributed by atoms with E-state index >= 15 is 0 Å². The molecule has 0 amide bonds. The summed E-state index contributed by atoms with van der Waals surface area (Å²) >= 11 is 0. The van der Waals surface area contributed by atoms with Crippen LogP contribution in [-0.2, 0) is 0 Å². The van der Waals surface area contributed by atoms with E-state index in [4.69, 9.17) is 0 Å². The lowest BCUT2D eigenvalue weighted by molar-refractivity contribution is 0.408. The third-order valence-electron chi connectivity index (χ3n) is 12.5. The van der Waals surface area contributed by atoms with E-state index in [-0.39, 0.29) is 0 Å². The number of anilines is 3. The van der Waals surface area contributed by atoms with E-state index in [0.717, 1.165) is 17.1 Å². The fraction of sp³-hybridized carbons (Fsp3) is 0.186. The monoisotopic (exact) mass is 792 g/mol. The molecule has 1 heterocycles. The summed E-state index contributed by atoms with van der Waals surface area (Å²) in [6.45, 7) is 13.9. The Morgan fingerprint density at radius 2 is 0.803 bits per heavy atom. The Hall–Kier alpha value is -6.64. The summed E-state index contributed by atoms with van der Waals surface area (Å²) < 4.78 is 2.44. The highest BCUT2D eigenvalue weighted by Gasteiger charge is 2.19. The second-order valence-electron chi connectivity index (χ2n) is 17.8. The summed E-state index contributed by atoms with van der Waals surface area (Å²) in [7, 11) is 0. The highest BCUT2D eigenvalue weighted by atomic mass is 15.1. The molecule has 302 valence electrons. The minimum Gasteiger partial charge on any atom is -0.311 e. The predicted molar refractivity (Wildman–Crippen MR) is 263 cm³/mol. The van der Waals surface area contributed by atoms with Gasteiger partial charge in [-0.15, -0.1) is 0 Å². The van der Waals surface area contributed by atoms with Crippen molar-refractivity contribution in [1.82, 2.24) is 4.57 Å². The highest BCUT2D eigenvalue weighted by molar-refractivity contribution is 6.11. The average molecular weight is 793 g/mol. The lowest BCUT2D eigenvalue weighted by atomic mass is 9.82. The van der Waals surface area contributed by atoms with Crippen molar-refractivity contribution >= 4 is 38.9 Å². The number of aromatic nitrogens is 1. The molecule has 0 aliphatic carbocycles. The molecule has 9 aromatic rings. The van der Waals surface area contributed by atoms with E-state index < -0.39 is 0 Å². The molecule has 1 unspecified atom stereocenters. The molecule has 0 fully saturated rings. The van der Waals surface area contributed by atoms with Crippen LogP contribution in [-0.4, -0.2) is 4.57 Å². The van der Waals surface area contributed by atoms with Gasteiger partial charge in [0.1, 0.15) is 0 Å². The zero-order chi connectivity index (χ0) is 42.0. The lowest BCUT2D eigenvalue weighted by Gasteiger charge is -2.26. The Bertz CT molecular complexity index is 2860. The normalized spacial score (nSPS) is 12.2. The zero-order valence-electron chi connectivity index (χ0n) is 36.4. The van der Waals surface area contributed by atoms with E-state index in [1.54, 1.807) is 0 Å². The fourth-order valence-electron chi connectivity index (χ4n) is 9.15. The molecular formula is C59H56N2. The number of benzene rings is 8. The fourth-order valence-corrected chi connectivity index (χ4v) is 9.15. The van der Waals surface area contributed by atoms with Crippen molar-refractivity contribution < 1.29 is 0 Å². The second kappa shape index (κ2) is 17.1. The first-order valence-electron chi connectivity index (χ1n) is 22.1. The minimum absolute atomic E-state index is 0.483. The third-order valence-corrected chi connectivity index (χ3v) is 12.5. The molecule has 0 radical (unpaired) electrons. The molecule has 0 N–H and O–H groups in total. The first kappa shape index (κ1) is 39.8. The number of fused-ring (bicyclic) bond motifs is 3. The molecule has 1 aromatic heterocycles. The molecule has 0 aliphatic rings. The average Bonchev–Trinajstić information content (AvgIpc) is 3.62. The standard InChI is InChI=1S/C59H56N2/c1-40(2)37-55(42(5)6)48-19-17-46(18-20-48)49-27-35-58-56(38-49)57-39-50(28-36-59(57)61(58)54-29-21-43(22-30-54)41(3)4)47-25-33-53(34-26-47)60(51-15-11-8-12-16-51)52-31-23-45(24-32-52)44-13-9-7-10-14-44/h7-36,38-42,55H,37H2,1-6H3. The summed E-state index contributed by atoms with van der Waals surface area (Å²) in [4.78, 5) is 2.33. The van der Waals surface area contributed by atoms with Gasteiger partial charge in [0.15, 0.2) is 0 Å². The number of hydrogen-bond donors (Lipinski definition) is 0. The molecule has 2 heteroatoms. The molecule has 0 aliphatic heterocycles. The first-order chi connectivity index (χ1) is 29.7. The van der Waals surface area contributed by atoms with E-state index in [1.807, 2.05) is 0 Å². The molecule has 0 spiro atoms. The van der Waals surface area contributed by atoms with Gasteiger partial charge >= 0.3 is 0 Å². The predicted octanol–water partition coefficient (Wildman–Crippen LogP) is 17.2. The smallest absolute Gasteiger partial charge is 0.0541 e. The molecule has 8 aromatic carbocycles. The number of hydrogen-bond acceptors (Lipinski definition) is 1. The van der Waals surface area contributed by atoms with Gasteiger partial charge in [-0.3, -0.25) is 0 Å². The minimum atomic E-state index is 0.483. The molecule has 2 nitrogen and oxygen atoms in total. The Morgan fingerprint density at radius 1 is 0.393 bits per heavy atom. The van der Waals surface area contributed by atoms with Gasteiger partial charge in [0.05, 0.1) is 11.0 Å². The Kier molecular flexibility index (Phi) is 11.2. The van der Waals surface area contributed by atoms with E-state index in [9.17, 15) is 0 Å².